The Morgan fingerprint density at radius 1 is 1.00 bits per heavy atom. The van der Waals surface area contributed by atoms with Crippen LogP contribution < -0.4 is 5.43 Å². The minimum atomic E-state index is 0.132. The molecule has 88 valence electrons. The number of para-hydroxylation sites is 1. The van der Waals surface area contributed by atoms with E-state index in [1.165, 1.54) is 32.1 Å². The molecule has 0 bridgehead atoms. The lowest BCUT2D eigenvalue weighted by molar-refractivity contribution is 0.359. The highest BCUT2D eigenvalue weighted by atomic mass is 16.1. The molecule has 0 amide bonds. The smallest absolute Gasteiger partial charge is 0.189 e. The van der Waals surface area contributed by atoms with Crippen LogP contribution in [0.4, 0.5) is 0 Å². The molecule has 2 aromatic rings. The van der Waals surface area contributed by atoms with Crippen LogP contribution in [0.3, 0.4) is 0 Å². The van der Waals surface area contributed by atoms with Gasteiger partial charge in [0.15, 0.2) is 5.43 Å². The fourth-order valence-electron chi connectivity index (χ4n) is 2.90. The minimum absolute atomic E-state index is 0.132. The van der Waals surface area contributed by atoms with Crippen LogP contribution >= 0.6 is 0 Å². The third-order valence-corrected chi connectivity index (χ3v) is 3.80. The van der Waals surface area contributed by atoms with E-state index in [1.807, 2.05) is 24.4 Å². The van der Waals surface area contributed by atoms with Gasteiger partial charge in [-0.25, -0.2) is 0 Å². The van der Waals surface area contributed by atoms with Gasteiger partial charge in [-0.1, -0.05) is 31.4 Å². The number of pyridine rings is 1. The normalized spacial score (nSPS) is 17.4. The Hall–Kier alpha value is -1.57. The van der Waals surface area contributed by atoms with Gasteiger partial charge in [-0.3, -0.25) is 4.79 Å². The van der Waals surface area contributed by atoms with Gasteiger partial charge in [0.25, 0.3) is 0 Å². The number of aromatic nitrogens is 1. The maximum atomic E-state index is 11.8. The van der Waals surface area contributed by atoms with Crippen molar-refractivity contribution in [1.29, 1.82) is 0 Å². The van der Waals surface area contributed by atoms with Gasteiger partial charge in [0.05, 0.1) is 5.52 Å². The minimum Gasteiger partial charge on any atom is -0.344 e. The van der Waals surface area contributed by atoms with Crippen molar-refractivity contribution in [3.8, 4) is 0 Å². The summed E-state index contributed by atoms with van der Waals surface area (Å²) in [6.07, 6.45) is 8.44. The lowest BCUT2D eigenvalue weighted by Gasteiger charge is -2.26. The quantitative estimate of drug-likeness (QED) is 0.730. The second-order valence-electron chi connectivity index (χ2n) is 4.90. The van der Waals surface area contributed by atoms with Crippen molar-refractivity contribution in [3.63, 3.8) is 0 Å². The highest BCUT2D eigenvalue weighted by Crippen LogP contribution is 2.29. The van der Waals surface area contributed by atoms with Crippen LogP contribution in [0.1, 0.15) is 38.1 Å². The molecule has 2 nitrogen and oxygen atoms in total. The molecule has 1 aliphatic rings. The summed E-state index contributed by atoms with van der Waals surface area (Å²) in [5, 5.41) is 0.848. The van der Waals surface area contributed by atoms with Crippen molar-refractivity contribution >= 4 is 10.9 Å². The van der Waals surface area contributed by atoms with Gasteiger partial charge in [-0.05, 0) is 25.0 Å². The molecular formula is C15H17NO. The number of nitrogens with zero attached hydrogens (tertiary/aromatic N) is 1. The van der Waals surface area contributed by atoms with Gasteiger partial charge in [0, 0.05) is 23.7 Å². The maximum absolute atomic E-state index is 11.8. The van der Waals surface area contributed by atoms with E-state index in [-0.39, 0.29) is 5.43 Å². The van der Waals surface area contributed by atoms with Crippen LogP contribution in [0.25, 0.3) is 10.9 Å². The Labute approximate surface area is 101 Å². The van der Waals surface area contributed by atoms with E-state index in [2.05, 4.69) is 10.6 Å². The second-order valence-corrected chi connectivity index (χ2v) is 4.90. The molecular weight excluding hydrogens is 210 g/mol. The fraction of sp³-hybridized carbons (Fsp3) is 0.400. The Kier molecular flexibility index (Phi) is 2.71. The average Bonchev–Trinajstić information content (AvgIpc) is 2.41. The van der Waals surface area contributed by atoms with E-state index >= 15 is 0 Å². The molecule has 1 aromatic heterocycles. The summed E-state index contributed by atoms with van der Waals surface area (Å²) < 4.78 is 2.30. The molecule has 0 spiro atoms. The van der Waals surface area contributed by atoms with Crippen molar-refractivity contribution < 1.29 is 0 Å². The molecule has 1 heterocycles. The van der Waals surface area contributed by atoms with E-state index in [0.29, 0.717) is 6.04 Å². The van der Waals surface area contributed by atoms with Crippen LogP contribution in [-0.4, -0.2) is 4.57 Å². The second kappa shape index (κ2) is 4.36. The Bertz CT molecular complexity index is 579. The van der Waals surface area contributed by atoms with Crippen LogP contribution in [0.2, 0.25) is 0 Å². The summed E-state index contributed by atoms with van der Waals surface area (Å²) in [4.78, 5) is 11.8. The molecule has 1 aromatic carbocycles. The van der Waals surface area contributed by atoms with E-state index in [4.69, 9.17) is 0 Å². The molecule has 1 fully saturated rings. The Morgan fingerprint density at radius 3 is 2.59 bits per heavy atom. The lowest BCUT2D eigenvalue weighted by atomic mass is 9.95. The summed E-state index contributed by atoms with van der Waals surface area (Å²) in [7, 11) is 0. The van der Waals surface area contributed by atoms with Gasteiger partial charge < -0.3 is 4.57 Å². The lowest BCUT2D eigenvalue weighted by Crippen LogP contribution is -2.16. The number of hydrogen-bond donors (Lipinski definition) is 0. The molecule has 1 aliphatic carbocycles. The summed E-state index contributed by atoms with van der Waals surface area (Å²) in [5.74, 6) is 0. The van der Waals surface area contributed by atoms with Gasteiger partial charge >= 0.3 is 0 Å². The number of hydrogen-bond acceptors (Lipinski definition) is 1. The standard InChI is InChI=1S/C15H17NO/c17-15-10-11-16(12-6-2-1-3-7-12)14-9-5-4-8-13(14)15/h4-5,8-12H,1-3,6-7H2. The summed E-state index contributed by atoms with van der Waals surface area (Å²) in [6.45, 7) is 0. The van der Waals surface area contributed by atoms with Crippen LogP contribution in [0.5, 0.6) is 0 Å². The first-order valence-electron chi connectivity index (χ1n) is 6.46. The van der Waals surface area contributed by atoms with Gasteiger partial charge in [0.2, 0.25) is 0 Å². The Balaban J connectivity index is 2.16. The number of rotatable bonds is 1. The molecule has 2 heteroatoms. The van der Waals surface area contributed by atoms with E-state index in [0.717, 1.165) is 10.9 Å². The van der Waals surface area contributed by atoms with Gasteiger partial charge in [0.1, 0.15) is 0 Å². The van der Waals surface area contributed by atoms with Gasteiger partial charge in [-0.2, -0.15) is 0 Å². The molecule has 1 saturated carbocycles. The van der Waals surface area contributed by atoms with Crippen LogP contribution in [-0.2, 0) is 0 Å². The predicted molar refractivity (Wildman–Crippen MR) is 70.3 cm³/mol. The average molecular weight is 227 g/mol. The molecule has 3 rings (SSSR count). The third-order valence-electron chi connectivity index (χ3n) is 3.80. The highest BCUT2D eigenvalue weighted by molar-refractivity contribution is 5.78. The zero-order valence-corrected chi connectivity index (χ0v) is 9.93. The molecule has 0 aliphatic heterocycles. The molecule has 0 N–H and O–H groups in total. The van der Waals surface area contributed by atoms with E-state index < -0.39 is 0 Å². The molecule has 17 heavy (non-hydrogen) atoms. The first-order valence-corrected chi connectivity index (χ1v) is 6.46. The van der Waals surface area contributed by atoms with Crippen molar-refractivity contribution in [1.82, 2.24) is 4.57 Å². The first kappa shape index (κ1) is 10.6. The zero-order valence-electron chi connectivity index (χ0n) is 9.93. The molecule has 0 saturated heterocycles. The number of benzene rings is 1. The number of fused-ring (bicyclic) bond motifs is 1. The van der Waals surface area contributed by atoms with Gasteiger partial charge in [-0.15, -0.1) is 0 Å². The third kappa shape index (κ3) is 1.88. The van der Waals surface area contributed by atoms with E-state index in [1.54, 1.807) is 6.07 Å². The molecule has 0 radical (unpaired) electrons. The summed E-state index contributed by atoms with van der Waals surface area (Å²) in [5.41, 5.74) is 1.22. The summed E-state index contributed by atoms with van der Waals surface area (Å²) >= 11 is 0. The van der Waals surface area contributed by atoms with Crippen molar-refractivity contribution in [2.75, 3.05) is 0 Å². The Morgan fingerprint density at radius 2 is 1.76 bits per heavy atom. The van der Waals surface area contributed by atoms with E-state index in [9.17, 15) is 4.79 Å². The summed E-state index contributed by atoms with van der Waals surface area (Å²) in [6, 6.07) is 10.2. The van der Waals surface area contributed by atoms with Crippen molar-refractivity contribution in [2.24, 2.45) is 0 Å². The predicted octanol–water partition coefficient (Wildman–Crippen LogP) is 3.51. The van der Waals surface area contributed by atoms with Crippen LogP contribution in [0, 0.1) is 0 Å². The fourth-order valence-corrected chi connectivity index (χ4v) is 2.90. The van der Waals surface area contributed by atoms with Crippen LogP contribution in [0.15, 0.2) is 41.3 Å². The first-order chi connectivity index (χ1) is 8.36. The topological polar surface area (TPSA) is 22.0 Å². The monoisotopic (exact) mass is 227 g/mol. The largest absolute Gasteiger partial charge is 0.344 e. The maximum Gasteiger partial charge on any atom is 0.189 e. The molecule has 0 atom stereocenters. The SMILES string of the molecule is O=c1ccn(C2CCCCC2)c2ccccc12. The molecule has 0 unspecified atom stereocenters. The van der Waals surface area contributed by atoms with Crippen molar-refractivity contribution in [2.45, 2.75) is 38.1 Å². The van der Waals surface area contributed by atoms with Crippen molar-refractivity contribution in [3.05, 3.63) is 46.8 Å². The highest BCUT2D eigenvalue weighted by Gasteiger charge is 2.16. The zero-order chi connectivity index (χ0) is 11.7.